The zero-order valence-electron chi connectivity index (χ0n) is 20.1. The predicted octanol–water partition coefficient (Wildman–Crippen LogP) is 5.57. The maximum absolute atomic E-state index is 13.5. The number of aromatic nitrogens is 1. The van der Waals surface area contributed by atoms with E-state index in [4.69, 9.17) is 10.5 Å². The van der Waals surface area contributed by atoms with Crippen LogP contribution in [0.25, 0.3) is 22.0 Å². The molecule has 3 N–H and O–H groups in total. The summed E-state index contributed by atoms with van der Waals surface area (Å²) in [7, 11) is 0. The third-order valence-electron chi connectivity index (χ3n) is 6.40. The van der Waals surface area contributed by atoms with Gasteiger partial charge in [0.2, 0.25) is 5.91 Å². The van der Waals surface area contributed by atoms with Crippen molar-refractivity contribution in [3.05, 3.63) is 95.7 Å². The van der Waals surface area contributed by atoms with Crippen LogP contribution in [-0.4, -0.2) is 33.5 Å². The van der Waals surface area contributed by atoms with E-state index in [1.807, 2.05) is 87.5 Å². The van der Waals surface area contributed by atoms with Crippen LogP contribution in [0.3, 0.4) is 0 Å². The summed E-state index contributed by atoms with van der Waals surface area (Å²) in [6.07, 6.45) is -0.241. The number of ether oxygens (including phenoxy) is 1. The van der Waals surface area contributed by atoms with E-state index in [0.29, 0.717) is 6.42 Å². The molecular weight excluding hydrogens is 438 g/mol. The van der Waals surface area contributed by atoms with Crippen molar-refractivity contribution in [1.29, 1.82) is 0 Å². The van der Waals surface area contributed by atoms with Gasteiger partial charge in [0.05, 0.1) is 0 Å². The molecule has 0 fully saturated rings. The van der Waals surface area contributed by atoms with Crippen molar-refractivity contribution in [2.24, 2.45) is 5.73 Å². The standard InChI is InChI=1S/C29H29N3O3/c1-29(2,3)35-28(34)32-24(27(30)33)17-22-21-11-7-8-12-23(21)31-25(22)26(32)20-15-13-19(14-16-20)18-9-5-4-6-10-18/h4-16,24,26,31H,17H2,1-3H3,(H2,30,33)/t24?,26-/m1/s1. The Hall–Kier alpha value is -4.06. The van der Waals surface area contributed by atoms with Gasteiger partial charge in [-0.2, -0.15) is 0 Å². The lowest BCUT2D eigenvalue weighted by atomic mass is 9.87. The second-order valence-electron chi connectivity index (χ2n) is 9.96. The minimum absolute atomic E-state index is 0.326. The number of hydrogen-bond acceptors (Lipinski definition) is 3. The number of nitrogens with one attached hydrogen (secondary N) is 1. The maximum atomic E-state index is 13.5. The zero-order valence-corrected chi connectivity index (χ0v) is 20.1. The quantitative estimate of drug-likeness (QED) is 0.413. The number of primary amides is 1. The van der Waals surface area contributed by atoms with E-state index in [2.05, 4.69) is 17.1 Å². The molecular formula is C29H29N3O3. The normalized spacial score (nSPS) is 17.7. The van der Waals surface area contributed by atoms with Crippen LogP contribution in [0.15, 0.2) is 78.9 Å². The molecule has 0 saturated heterocycles. The lowest BCUT2D eigenvalue weighted by molar-refractivity contribution is -0.124. The van der Waals surface area contributed by atoms with Crippen LogP contribution in [0.5, 0.6) is 0 Å². The molecule has 4 aromatic rings. The number of hydrogen-bond donors (Lipinski definition) is 2. The SMILES string of the molecule is CC(C)(C)OC(=O)N1C(C(N)=O)Cc2c([nH]c3ccccc23)[C@H]1c1ccc(-c2ccccc2)cc1. The number of carbonyl (C=O) groups excluding carboxylic acids is 2. The summed E-state index contributed by atoms with van der Waals surface area (Å²) in [5.41, 5.74) is 11.0. The number of benzene rings is 3. The number of carbonyl (C=O) groups is 2. The molecule has 5 rings (SSSR count). The maximum Gasteiger partial charge on any atom is 0.411 e. The first-order valence-corrected chi connectivity index (χ1v) is 11.8. The molecule has 2 amide bonds. The molecule has 178 valence electrons. The van der Waals surface area contributed by atoms with Gasteiger partial charge in [-0.25, -0.2) is 4.79 Å². The monoisotopic (exact) mass is 467 g/mol. The highest BCUT2D eigenvalue weighted by Crippen LogP contribution is 2.42. The molecule has 1 aliphatic heterocycles. The number of rotatable bonds is 3. The fraction of sp³-hybridized carbons (Fsp3) is 0.241. The number of nitrogens with zero attached hydrogens (tertiary/aromatic N) is 1. The van der Waals surface area contributed by atoms with E-state index in [0.717, 1.165) is 38.9 Å². The van der Waals surface area contributed by atoms with E-state index < -0.39 is 29.7 Å². The van der Waals surface area contributed by atoms with Crippen LogP contribution in [-0.2, 0) is 16.0 Å². The van der Waals surface area contributed by atoms with Gasteiger partial charge < -0.3 is 15.5 Å². The zero-order chi connectivity index (χ0) is 24.7. The van der Waals surface area contributed by atoms with E-state index in [1.54, 1.807) is 0 Å². The van der Waals surface area contributed by atoms with Crippen LogP contribution >= 0.6 is 0 Å². The average Bonchev–Trinajstić information content (AvgIpc) is 3.21. The Labute approximate surface area is 204 Å². The second kappa shape index (κ2) is 8.62. The van der Waals surface area contributed by atoms with Gasteiger partial charge in [0.1, 0.15) is 17.7 Å². The van der Waals surface area contributed by atoms with Gasteiger partial charge in [-0.05, 0) is 49.1 Å². The van der Waals surface area contributed by atoms with Crippen molar-refractivity contribution >= 4 is 22.9 Å². The lowest BCUT2D eigenvalue weighted by Gasteiger charge is -2.41. The Morgan fingerprint density at radius 2 is 1.54 bits per heavy atom. The van der Waals surface area contributed by atoms with Crippen molar-refractivity contribution < 1.29 is 14.3 Å². The summed E-state index contributed by atoms with van der Waals surface area (Å²) < 4.78 is 5.76. The summed E-state index contributed by atoms with van der Waals surface area (Å²) in [5, 5.41) is 1.03. The first-order chi connectivity index (χ1) is 16.7. The minimum atomic E-state index is -0.838. The highest BCUT2D eigenvalue weighted by atomic mass is 16.6. The number of H-pyrrole nitrogens is 1. The van der Waals surface area contributed by atoms with E-state index in [9.17, 15) is 9.59 Å². The Bertz CT molecular complexity index is 1380. The first-order valence-electron chi connectivity index (χ1n) is 11.8. The summed E-state index contributed by atoms with van der Waals surface area (Å²) in [6.45, 7) is 5.43. The Morgan fingerprint density at radius 3 is 2.20 bits per heavy atom. The highest BCUT2D eigenvalue weighted by molar-refractivity contribution is 5.90. The van der Waals surface area contributed by atoms with Crippen LogP contribution in [0.1, 0.15) is 43.6 Å². The number of nitrogens with two attached hydrogens (primary N) is 1. The van der Waals surface area contributed by atoms with E-state index in [1.165, 1.54) is 4.90 Å². The molecule has 6 heteroatoms. The van der Waals surface area contributed by atoms with Crippen molar-refractivity contribution in [2.75, 3.05) is 0 Å². The Kier molecular flexibility index (Phi) is 5.59. The molecule has 2 heterocycles. The van der Waals surface area contributed by atoms with Crippen molar-refractivity contribution in [2.45, 2.75) is 44.9 Å². The molecule has 3 aromatic carbocycles. The summed E-state index contributed by atoms with van der Waals surface area (Å²) in [5.74, 6) is -0.558. The molecule has 6 nitrogen and oxygen atoms in total. The number of aromatic amines is 1. The van der Waals surface area contributed by atoms with Gasteiger partial charge in [-0.1, -0.05) is 72.8 Å². The van der Waals surface area contributed by atoms with Gasteiger partial charge in [-0.3, -0.25) is 9.69 Å². The van der Waals surface area contributed by atoms with Crippen LogP contribution in [0.2, 0.25) is 0 Å². The summed E-state index contributed by atoms with van der Waals surface area (Å²) in [6, 6.07) is 24.8. The third kappa shape index (κ3) is 4.28. The molecule has 0 bridgehead atoms. The molecule has 2 atom stereocenters. The van der Waals surface area contributed by atoms with E-state index >= 15 is 0 Å². The van der Waals surface area contributed by atoms with Crippen molar-refractivity contribution in [3.8, 4) is 11.1 Å². The van der Waals surface area contributed by atoms with Crippen LogP contribution in [0.4, 0.5) is 4.79 Å². The molecule has 0 radical (unpaired) electrons. The molecule has 0 saturated carbocycles. The van der Waals surface area contributed by atoms with Gasteiger partial charge in [-0.15, -0.1) is 0 Å². The van der Waals surface area contributed by atoms with Gasteiger partial charge in [0, 0.05) is 23.0 Å². The van der Waals surface area contributed by atoms with Crippen LogP contribution in [0, 0.1) is 0 Å². The molecule has 0 spiro atoms. The van der Waals surface area contributed by atoms with Gasteiger partial charge in [0.25, 0.3) is 0 Å². The van der Waals surface area contributed by atoms with Gasteiger partial charge >= 0.3 is 6.09 Å². The predicted molar refractivity (Wildman–Crippen MR) is 137 cm³/mol. The number of para-hydroxylation sites is 1. The number of fused-ring (bicyclic) bond motifs is 3. The minimum Gasteiger partial charge on any atom is -0.444 e. The fourth-order valence-corrected chi connectivity index (χ4v) is 4.89. The topological polar surface area (TPSA) is 88.4 Å². The summed E-state index contributed by atoms with van der Waals surface area (Å²) in [4.78, 5) is 31.2. The largest absolute Gasteiger partial charge is 0.444 e. The highest BCUT2D eigenvalue weighted by Gasteiger charge is 2.44. The smallest absolute Gasteiger partial charge is 0.411 e. The molecule has 1 aromatic heterocycles. The number of amides is 2. The molecule has 1 aliphatic rings. The van der Waals surface area contributed by atoms with Crippen molar-refractivity contribution in [1.82, 2.24) is 9.88 Å². The third-order valence-corrected chi connectivity index (χ3v) is 6.40. The lowest BCUT2D eigenvalue weighted by Crippen LogP contribution is -2.54. The van der Waals surface area contributed by atoms with Crippen LogP contribution < -0.4 is 5.73 Å². The molecule has 35 heavy (non-hydrogen) atoms. The fourth-order valence-electron chi connectivity index (χ4n) is 4.89. The van der Waals surface area contributed by atoms with E-state index in [-0.39, 0.29) is 0 Å². The molecule has 0 aliphatic carbocycles. The summed E-state index contributed by atoms with van der Waals surface area (Å²) >= 11 is 0. The Balaban J connectivity index is 1.67. The second-order valence-corrected chi connectivity index (χ2v) is 9.96. The molecule has 1 unspecified atom stereocenters. The van der Waals surface area contributed by atoms with Crippen molar-refractivity contribution in [3.63, 3.8) is 0 Å². The Morgan fingerprint density at radius 1 is 0.914 bits per heavy atom. The average molecular weight is 468 g/mol. The first kappa shape index (κ1) is 22.7. The van der Waals surface area contributed by atoms with Gasteiger partial charge in [0.15, 0.2) is 0 Å².